The van der Waals surface area contributed by atoms with Crippen LogP contribution < -0.4 is 10.5 Å². The summed E-state index contributed by atoms with van der Waals surface area (Å²) in [5.41, 5.74) is 7.92. The topological polar surface area (TPSA) is 35.2 Å². The Morgan fingerprint density at radius 1 is 1.38 bits per heavy atom. The largest absolute Gasteiger partial charge is 0.496 e. The van der Waals surface area contributed by atoms with Crippen molar-refractivity contribution in [1.29, 1.82) is 0 Å². The van der Waals surface area contributed by atoms with Crippen LogP contribution in [0.15, 0.2) is 18.2 Å². The molecular formula is C11H17NO. The third kappa shape index (κ3) is 2.01. The Bertz CT molecular complexity index is 281. The second kappa shape index (κ2) is 4.28. The summed E-state index contributed by atoms with van der Waals surface area (Å²) in [6.07, 6.45) is 0. The van der Waals surface area contributed by atoms with Gasteiger partial charge >= 0.3 is 0 Å². The fraction of sp³-hybridized carbons (Fsp3) is 0.455. The molecule has 2 N–H and O–H groups in total. The predicted molar refractivity (Wildman–Crippen MR) is 55.0 cm³/mol. The first-order valence-corrected chi connectivity index (χ1v) is 4.56. The maximum absolute atomic E-state index is 5.62. The molecule has 0 amide bonds. The number of rotatable bonds is 3. The first-order valence-electron chi connectivity index (χ1n) is 4.56. The Morgan fingerprint density at radius 2 is 2.08 bits per heavy atom. The molecule has 0 heterocycles. The second-order valence-corrected chi connectivity index (χ2v) is 3.40. The third-order valence-corrected chi connectivity index (χ3v) is 2.17. The minimum Gasteiger partial charge on any atom is -0.496 e. The number of ether oxygens (including phenoxy) is 1. The Hall–Kier alpha value is -1.02. The Labute approximate surface area is 79.7 Å². The van der Waals surface area contributed by atoms with Crippen LogP contribution in [0.1, 0.15) is 30.9 Å². The van der Waals surface area contributed by atoms with Gasteiger partial charge in [0.05, 0.1) is 7.11 Å². The van der Waals surface area contributed by atoms with Crippen LogP contribution in [0.25, 0.3) is 0 Å². The summed E-state index contributed by atoms with van der Waals surface area (Å²) >= 11 is 0. The maximum atomic E-state index is 5.62. The predicted octanol–water partition coefficient (Wildman–Crippen LogP) is 2.28. The van der Waals surface area contributed by atoms with E-state index in [1.165, 1.54) is 5.56 Å². The summed E-state index contributed by atoms with van der Waals surface area (Å²) in [4.78, 5) is 0. The molecule has 0 aliphatic rings. The highest BCUT2D eigenvalue weighted by Gasteiger charge is 2.09. The monoisotopic (exact) mass is 179 g/mol. The van der Waals surface area contributed by atoms with Crippen molar-refractivity contribution in [2.75, 3.05) is 7.11 Å². The molecule has 0 saturated carbocycles. The van der Waals surface area contributed by atoms with Crippen LogP contribution in [-0.2, 0) is 6.54 Å². The smallest absolute Gasteiger partial charge is 0.126 e. The minimum atomic E-state index is 0.474. The average Bonchev–Trinajstić information content (AvgIpc) is 2.16. The first-order chi connectivity index (χ1) is 6.20. The van der Waals surface area contributed by atoms with Crippen LogP contribution in [0.4, 0.5) is 0 Å². The van der Waals surface area contributed by atoms with Crippen molar-refractivity contribution < 1.29 is 4.74 Å². The van der Waals surface area contributed by atoms with Crippen molar-refractivity contribution in [2.24, 2.45) is 5.73 Å². The standard InChI is InChI=1S/C11H17NO/c1-8(2)10-6-4-5-9(7-12)11(10)13-3/h4-6,8H,7,12H2,1-3H3. The van der Waals surface area contributed by atoms with Crippen molar-refractivity contribution in [3.8, 4) is 5.75 Å². The summed E-state index contributed by atoms with van der Waals surface area (Å²) in [7, 11) is 1.69. The number of hydrogen-bond donors (Lipinski definition) is 1. The number of methoxy groups -OCH3 is 1. The average molecular weight is 179 g/mol. The van der Waals surface area contributed by atoms with E-state index in [1.54, 1.807) is 7.11 Å². The molecule has 0 unspecified atom stereocenters. The molecule has 1 rings (SSSR count). The molecule has 2 nitrogen and oxygen atoms in total. The van der Waals surface area contributed by atoms with Crippen molar-refractivity contribution in [3.63, 3.8) is 0 Å². The van der Waals surface area contributed by atoms with E-state index in [-0.39, 0.29) is 0 Å². The lowest BCUT2D eigenvalue weighted by molar-refractivity contribution is 0.402. The Kier molecular flexibility index (Phi) is 3.32. The molecule has 0 atom stereocenters. The molecular weight excluding hydrogens is 162 g/mol. The summed E-state index contributed by atoms with van der Waals surface area (Å²) in [5, 5.41) is 0. The van der Waals surface area contributed by atoms with Gasteiger partial charge in [-0.2, -0.15) is 0 Å². The molecule has 0 fully saturated rings. The van der Waals surface area contributed by atoms with E-state index in [0.29, 0.717) is 12.5 Å². The molecule has 0 saturated heterocycles. The zero-order chi connectivity index (χ0) is 9.84. The molecule has 0 radical (unpaired) electrons. The van der Waals surface area contributed by atoms with Crippen LogP contribution in [0, 0.1) is 0 Å². The number of nitrogens with two attached hydrogens (primary N) is 1. The van der Waals surface area contributed by atoms with Crippen molar-refractivity contribution >= 4 is 0 Å². The summed E-state index contributed by atoms with van der Waals surface area (Å²) in [6, 6.07) is 6.12. The van der Waals surface area contributed by atoms with Gasteiger partial charge in [-0.1, -0.05) is 32.0 Å². The summed E-state index contributed by atoms with van der Waals surface area (Å²) < 4.78 is 5.35. The van der Waals surface area contributed by atoms with Crippen LogP contribution in [-0.4, -0.2) is 7.11 Å². The molecule has 0 aromatic heterocycles. The molecule has 2 heteroatoms. The normalized spacial score (nSPS) is 10.5. The second-order valence-electron chi connectivity index (χ2n) is 3.40. The molecule has 0 aliphatic carbocycles. The summed E-state index contributed by atoms with van der Waals surface area (Å²) in [5.74, 6) is 1.42. The van der Waals surface area contributed by atoms with Gasteiger partial charge in [-0.15, -0.1) is 0 Å². The van der Waals surface area contributed by atoms with E-state index in [9.17, 15) is 0 Å². The van der Waals surface area contributed by atoms with Gasteiger partial charge in [0.2, 0.25) is 0 Å². The molecule has 0 bridgehead atoms. The lowest BCUT2D eigenvalue weighted by Crippen LogP contribution is -2.03. The molecule has 13 heavy (non-hydrogen) atoms. The Morgan fingerprint density at radius 3 is 2.54 bits per heavy atom. The third-order valence-electron chi connectivity index (χ3n) is 2.17. The van der Waals surface area contributed by atoms with E-state index in [1.807, 2.05) is 12.1 Å². The van der Waals surface area contributed by atoms with Crippen molar-refractivity contribution in [1.82, 2.24) is 0 Å². The van der Waals surface area contributed by atoms with Gasteiger partial charge in [-0.3, -0.25) is 0 Å². The van der Waals surface area contributed by atoms with Crippen LogP contribution in [0.3, 0.4) is 0 Å². The van der Waals surface area contributed by atoms with Crippen LogP contribution in [0.2, 0.25) is 0 Å². The van der Waals surface area contributed by atoms with Gasteiger partial charge in [0, 0.05) is 12.1 Å². The minimum absolute atomic E-state index is 0.474. The van der Waals surface area contributed by atoms with Crippen molar-refractivity contribution in [2.45, 2.75) is 26.3 Å². The highest BCUT2D eigenvalue weighted by molar-refractivity contribution is 5.43. The van der Waals surface area contributed by atoms with Gasteiger partial charge in [-0.25, -0.2) is 0 Å². The SMILES string of the molecule is COc1c(CN)cccc1C(C)C. The van der Waals surface area contributed by atoms with E-state index in [0.717, 1.165) is 11.3 Å². The zero-order valence-corrected chi connectivity index (χ0v) is 8.50. The lowest BCUT2D eigenvalue weighted by Gasteiger charge is -2.14. The van der Waals surface area contributed by atoms with Crippen LogP contribution in [0.5, 0.6) is 5.75 Å². The fourth-order valence-electron chi connectivity index (χ4n) is 1.47. The lowest BCUT2D eigenvalue weighted by atomic mass is 9.99. The molecule has 1 aromatic carbocycles. The number of benzene rings is 1. The van der Waals surface area contributed by atoms with E-state index >= 15 is 0 Å². The summed E-state index contributed by atoms with van der Waals surface area (Å²) in [6.45, 7) is 4.83. The first kappa shape index (κ1) is 10.1. The highest BCUT2D eigenvalue weighted by Crippen LogP contribution is 2.29. The molecule has 1 aromatic rings. The highest BCUT2D eigenvalue weighted by atomic mass is 16.5. The van der Waals surface area contributed by atoms with Gasteiger partial charge < -0.3 is 10.5 Å². The zero-order valence-electron chi connectivity index (χ0n) is 8.50. The number of para-hydroxylation sites is 1. The molecule has 72 valence electrons. The van der Waals surface area contributed by atoms with E-state index < -0.39 is 0 Å². The van der Waals surface area contributed by atoms with Gasteiger partial charge in [-0.05, 0) is 11.5 Å². The van der Waals surface area contributed by atoms with Gasteiger partial charge in [0.1, 0.15) is 5.75 Å². The van der Waals surface area contributed by atoms with E-state index in [4.69, 9.17) is 10.5 Å². The molecule has 0 aliphatic heterocycles. The van der Waals surface area contributed by atoms with Gasteiger partial charge in [0.15, 0.2) is 0 Å². The maximum Gasteiger partial charge on any atom is 0.126 e. The number of hydrogen-bond acceptors (Lipinski definition) is 2. The van der Waals surface area contributed by atoms with Crippen LogP contribution >= 0.6 is 0 Å². The van der Waals surface area contributed by atoms with Gasteiger partial charge in [0.25, 0.3) is 0 Å². The quantitative estimate of drug-likeness (QED) is 0.772. The van der Waals surface area contributed by atoms with E-state index in [2.05, 4.69) is 19.9 Å². The Balaban J connectivity index is 3.19. The van der Waals surface area contributed by atoms with Crippen molar-refractivity contribution in [3.05, 3.63) is 29.3 Å². The molecule has 0 spiro atoms. The fourth-order valence-corrected chi connectivity index (χ4v) is 1.47.